The van der Waals surface area contributed by atoms with Crippen LogP contribution in [-0.4, -0.2) is 8.07 Å². The molecular formula is C21H22Si. The zero-order chi connectivity index (χ0) is 15.2. The van der Waals surface area contributed by atoms with Crippen molar-refractivity contribution in [1.29, 1.82) is 0 Å². The molecule has 22 heavy (non-hydrogen) atoms. The Balaban J connectivity index is 1.69. The van der Waals surface area contributed by atoms with Gasteiger partial charge in [0.25, 0.3) is 0 Å². The van der Waals surface area contributed by atoms with Crippen LogP contribution < -0.4 is 5.19 Å². The quantitative estimate of drug-likeness (QED) is 0.575. The van der Waals surface area contributed by atoms with Crippen LogP contribution in [0.2, 0.25) is 18.6 Å². The summed E-state index contributed by atoms with van der Waals surface area (Å²) in [5.41, 5.74) is 2.44. The molecule has 1 aliphatic carbocycles. The van der Waals surface area contributed by atoms with Crippen LogP contribution in [0.1, 0.15) is 17.9 Å². The van der Waals surface area contributed by atoms with Crippen molar-refractivity contribution in [1.82, 2.24) is 0 Å². The van der Waals surface area contributed by atoms with Crippen LogP contribution >= 0.6 is 0 Å². The highest BCUT2D eigenvalue weighted by Crippen LogP contribution is 2.59. The molecule has 0 N–H and O–H groups in total. The molecule has 4 rings (SSSR count). The second-order valence-corrected chi connectivity index (χ2v) is 11.9. The van der Waals surface area contributed by atoms with Crippen LogP contribution in [0.4, 0.5) is 0 Å². The predicted octanol–water partition coefficient (Wildman–Crippen LogP) is 5.31. The van der Waals surface area contributed by atoms with E-state index in [2.05, 4.69) is 85.9 Å². The maximum absolute atomic E-state index is 2.54. The zero-order valence-corrected chi connectivity index (χ0v) is 14.3. The van der Waals surface area contributed by atoms with Crippen molar-refractivity contribution < 1.29 is 0 Å². The average Bonchev–Trinajstić information content (AvgIpc) is 3.36. The van der Waals surface area contributed by atoms with Gasteiger partial charge in [0.15, 0.2) is 0 Å². The standard InChI is InChI=1S/C21H22Si/c1-22(2,17-11-4-3-5-12-17)21-15-20(21)19-14-8-10-16-9-6-7-13-18(16)19/h3-14,20-21H,15H2,1-2H3/t20-,21+/m1/s1. The fourth-order valence-electron chi connectivity index (χ4n) is 3.99. The van der Waals surface area contributed by atoms with Gasteiger partial charge in [-0.1, -0.05) is 91.1 Å². The van der Waals surface area contributed by atoms with Gasteiger partial charge in [0.05, 0.1) is 8.07 Å². The van der Waals surface area contributed by atoms with Crippen LogP contribution in [0, 0.1) is 0 Å². The summed E-state index contributed by atoms with van der Waals surface area (Å²) in [6.07, 6.45) is 1.36. The van der Waals surface area contributed by atoms with Gasteiger partial charge in [0, 0.05) is 0 Å². The Kier molecular flexibility index (Phi) is 3.19. The molecule has 0 radical (unpaired) electrons. The van der Waals surface area contributed by atoms with Crippen molar-refractivity contribution in [3.8, 4) is 0 Å². The maximum Gasteiger partial charge on any atom is 0.0843 e. The van der Waals surface area contributed by atoms with E-state index < -0.39 is 8.07 Å². The van der Waals surface area contributed by atoms with Gasteiger partial charge in [-0.3, -0.25) is 0 Å². The number of hydrogen-bond donors (Lipinski definition) is 0. The van der Waals surface area contributed by atoms with Crippen LogP contribution in [0.3, 0.4) is 0 Å². The van der Waals surface area contributed by atoms with E-state index >= 15 is 0 Å². The van der Waals surface area contributed by atoms with Crippen LogP contribution in [-0.2, 0) is 0 Å². The Bertz CT molecular complexity index is 799. The first-order chi connectivity index (χ1) is 10.7. The van der Waals surface area contributed by atoms with Crippen LogP contribution in [0.15, 0.2) is 72.8 Å². The highest BCUT2D eigenvalue weighted by Gasteiger charge is 2.50. The maximum atomic E-state index is 2.54. The van der Waals surface area contributed by atoms with Crippen molar-refractivity contribution in [2.24, 2.45) is 0 Å². The second kappa shape index (κ2) is 5.10. The van der Waals surface area contributed by atoms with E-state index in [9.17, 15) is 0 Å². The summed E-state index contributed by atoms with van der Waals surface area (Å²) in [5.74, 6) is 0.757. The number of hydrogen-bond acceptors (Lipinski definition) is 0. The molecule has 0 unspecified atom stereocenters. The van der Waals surface area contributed by atoms with Gasteiger partial charge in [-0.15, -0.1) is 0 Å². The highest BCUT2D eigenvalue weighted by molar-refractivity contribution is 6.91. The molecule has 1 aliphatic rings. The molecular weight excluding hydrogens is 280 g/mol. The first-order valence-electron chi connectivity index (χ1n) is 8.21. The van der Waals surface area contributed by atoms with Gasteiger partial charge in [-0.25, -0.2) is 0 Å². The van der Waals surface area contributed by atoms with Crippen molar-refractivity contribution in [3.63, 3.8) is 0 Å². The molecule has 0 saturated heterocycles. The smallest absolute Gasteiger partial charge is 0.0652 e. The van der Waals surface area contributed by atoms with E-state index in [-0.39, 0.29) is 0 Å². The molecule has 0 aromatic heterocycles. The Morgan fingerprint density at radius 1 is 0.773 bits per heavy atom. The summed E-state index contributed by atoms with van der Waals surface area (Å²) in [6, 6.07) is 26.8. The summed E-state index contributed by atoms with van der Waals surface area (Å²) in [4.78, 5) is 0. The molecule has 2 atom stereocenters. The fraction of sp³-hybridized carbons (Fsp3) is 0.238. The lowest BCUT2D eigenvalue weighted by Gasteiger charge is -2.23. The van der Waals surface area contributed by atoms with Crippen molar-refractivity contribution in [2.45, 2.75) is 31.0 Å². The van der Waals surface area contributed by atoms with Gasteiger partial charge in [-0.2, -0.15) is 0 Å². The third kappa shape index (κ3) is 2.21. The number of rotatable bonds is 3. The third-order valence-corrected chi connectivity index (χ3v) is 9.77. The fourth-order valence-corrected chi connectivity index (χ4v) is 7.50. The minimum atomic E-state index is -1.38. The minimum Gasteiger partial charge on any atom is -0.0652 e. The van der Waals surface area contributed by atoms with E-state index in [4.69, 9.17) is 0 Å². The molecule has 0 heterocycles. The van der Waals surface area contributed by atoms with E-state index in [0.717, 1.165) is 11.5 Å². The summed E-state index contributed by atoms with van der Waals surface area (Å²) in [7, 11) is -1.38. The molecule has 3 aromatic carbocycles. The molecule has 1 fully saturated rings. The molecule has 0 nitrogen and oxygen atoms in total. The lowest BCUT2D eigenvalue weighted by Crippen LogP contribution is -2.42. The van der Waals surface area contributed by atoms with E-state index in [0.29, 0.717) is 0 Å². The highest BCUT2D eigenvalue weighted by atomic mass is 28.3. The second-order valence-electron chi connectivity index (χ2n) is 7.10. The topological polar surface area (TPSA) is 0 Å². The predicted molar refractivity (Wildman–Crippen MR) is 98.6 cm³/mol. The SMILES string of the molecule is C[Si](C)(c1ccccc1)[C@H]1C[C@@H]1c1cccc2ccccc12. The summed E-state index contributed by atoms with van der Waals surface area (Å²) in [6.45, 7) is 5.08. The molecule has 0 aliphatic heterocycles. The molecule has 110 valence electrons. The van der Waals surface area contributed by atoms with Gasteiger partial charge in [-0.05, 0) is 34.2 Å². The summed E-state index contributed by atoms with van der Waals surface area (Å²) < 4.78 is 0. The van der Waals surface area contributed by atoms with Gasteiger partial charge in [0.1, 0.15) is 0 Å². The van der Waals surface area contributed by atoms with Crippen LogP contribution in [0.5, 0.6) is 0 Å². The lowest BCUT2D eigenvalue weighted by molar-refractivity contribution is 1.13. The Morgan fingerprint density at radius 2 is 1.45 bits per heavy atom. The van der Waals surface area contributed by atoms with Crippen molar-refractivity contribution in [2.75, 3.05) is 0 Å². The molecule has 3 aromatic rings. The Labute approximate surface area is 133 Å². The van der Waals surface area contributed by atoms with Gasteiger partial charge in [0.2, 0.25) is 0 Å². The number of benzene rings is 3. The van der Waals surface area contributed by atoms with Gasteiger partial charge >= 0.3 is 0 Å². The largest absolute Gasteiger partial charge is 0.0843 e. The van der Waals surface area contributed by atoms with Crippen molar-refractivity contribution >= 4 is 24.0 Å². The molecule has 1 heteroatoms. The normalized spacial score (nSPS) is 21.0. The monoisotopic (exact) mass is 302 g/mol. The number of fused-ring (bicyclic) bond motifs is 1. The average molecular weight is 302 g/mol. The molecule has 0 amide bonds. The van der Waals surface area contributed by atoms with E-state index in [1.807, 2.05) is 0 Å². The van der Waals surface area contributed by atoms with E-state index in [1.54, 1.807) is 10.8 Å². The van der Waals surface area contributed by atoms with Gasteiger partial charge < -0.3 is 0 Å². The molecule has 1 saturated carbocycles. The first kappa shape index (κ1) is 13.8. The third-order valence-electron chi connectivity index (χ3n) is 5.46. The van der Waals surface area contributed by atoms with E-state index in [1.165, 1.54) is 17.2 Å². The summed E-state index contributed by atoms with van der Waals surface area (Å²) >= 11 is 0. The Hall–Kier alpha value is -1.86. The zero-order valence-electron chi connectivity index (χ0n) is 13.3. The molecule has 0 spiro atoms. The van der Waals surface area contributed by atoms with Crippen LogP contribution in [0.25, 0.3) is 10.8 Å². The van der Waals surface area contributed by atoms with Crippen molar-refractivity contribution in [3.05, 3.63) is 78.4 Å². The lowest BCUT2D eigenvalue weighted by atomic mass is 10.0. The molecule has 0 bridgehead atoms. The summed E-state index contributed by atoms with van der Waals surface area (Å²) in [5, 5.41) is 4.43. The first-order valence-corrected chi connectivity index (χ1v) is 11.3. The minimum absolute atomic E-state index is 0.757. The Morgan fingerprint density at radius 3 is 2.27 bits per heavy atom.